The molecule has 2 N–H and O–H groups in total. The summed E-state index contributed by atoms with van der Waals surface area (Å²) in [4.78, 5) is 12.1. The van der Waals surface area contributed by atoms with Gasteiger partial charge in [-0.05, 0) is 57.2 Å². The van der Waals surface area contributed by atoms with Crippen LogP contribution in [0.5, 0.6) is 5.75 Å². The van der Waals surface area contributed by atoms with E-state index in [9.17, 15) is 26.9 Å². The van der Waals surface area contributed by atoms with Gasteiger partial charge in [0.1, 0.15) is 17.5 Å². The fraction of sp³-hybridized carbons (Fsp3) is 0.364. The van der Waals surface area contributed by atoms with Crippen LogP contribution in [0.2, 0.25) is 0 Å². The quantitative estimate of drug-likeness (QED) is 0.586. The largest absolute Gasteiger partial charge is 0.485 e. The molecule has 1 amide bonds. The van der Waals surface area contributed by atoms with E-state index in [1.54, 1.807) is 20.8 Å². The van der Waals surface area contributed by atoms with Crippen molar-refractivity contribution in [3.63, 3.8) is 0 Å². The van der Waals surface area contributed by atoms with Crippen LogP contribution in [0.3, 0.4) is 0 Å². The molecule has 0 saturated carbocycles. The lowest BCUT2D eigenvalue weighted by atomic mass is 10.2. The molecule has 0 aromatic heterocycles. The number of anilines is 2. The van der Waals surface area contributed by atoms with Gasteiger partial charge in [-0.25, -0.2) is 26.4 Å². The van der Waals surface area contributed by atoms with E-state index in [4.69, 9.17) is 9.47 Å². The molecule has 13 heteroatoms. The minimum atomic E-state index is -4.19. The summed E-state index contributed by atoms with van der Waals surface area (Å²) >= 11 is 0. The Morgan fingerprint density at radius 3 is 2.54 bits per heavy atom. The van der Waals surface area contributed by atoms with Crippen LogP contribution in [-0.2, 0) is 24.8 Å². The number of benzene rings is 2. The SMILES string of the molecule is CC(C)(C)OC(=O)Nc1ccc2c(c1)N(S(=O)(=O)c1cccc(C#N)c1)C[C@H](CNS(C)(=O)=O)O2. The second kappa shape index (κ2) is 9.73. The van der Waals surface area contributed by atoms with E-state index in [0.29, 0.717) is 0 Å². The van der Waals surface area contributed by atoms with Gasteiger partial charge in [-0.2, -0.15) is 5.26 Å². The maximum atomic E-state index is 13.6. The summed E-state index contributed by atoms with van der Waals surface area (Å²) in [5.74, 6) is 0.173. The van der Waals surface area contributed by atoms with Crippen molar-refractivity contribution in [2.75, 3.05) is 29.0 Å². The molecule has 35 heavy (non-hydrogen) atoms. The van der Waals surface area contributed by atoms with Crippen LogP contribution < -0.4 is 19.1 Å². The fourth-order valence-electron chi connectivity index (χ4n) is 3.24. The molecule has 0 saturated heterocycles. The number of nitriles is 1. The highest BCUT2D eigenvalue weighted by Crippen LogP contribution is 2.39. The molecule has 2 aromatic rings. The number of carbonyl (C=O) groups excluding carboxylic acids is 1. The second-order valence-corrected chi connectivity index (χ2v) is 12.5. The van der Waals surface area contributed by atoms with Crippen LogP contribution >= 0.6 is 0 Å². The van der Waals surface area contributed by atoms with Gasteiger partial charge in [0, 0.05) is 12.2 Å². The Hall–Kier alpha value is -3.34. The molecule has 0 spiro atoms. The van der Waals surface area contributed by atoms with Crippen LogP contribution in [0.15, 0.2) is 47.4 Å². The van der Waals surface area contributed by atoms with Crippen molar-refractivity contribution in [3.05, 3.63) is 48.0 Å². The average molecular weight is 523 g/mol. The van der Waals surface area contributed by atoms with E-state index in [1.807, 2.05) is 6.07 Å². The number of carbonyl (C=O) groups is 1. The first-order valence-electron chi connectivity index (χ1n) is 10.5. The molecule has 1 aliphatic heterocycles. The highest BCUT2D eigenvalue weighted by Gasteiger charge is 2.35. The standard InChI is InChI=1S/C22H26N4O7S2/c1-22(2,3)33-21(27)25-16-8-9-20-19(11-16)26(14-17(32-20)13-24-34(4,28)29)35(30,31)18-7-5-6-15(10-18)12-23/h5-11,17,24H,13-14H2,1-4H3,(H,25,27)/t17-/m0/s1. The van der Waals surface area contributed by atoms with E-state index in [2.05, 4.69) is 10.0 Å². The van der Waals surface area contributed by atoms with Gasteiger partial charge in [-0.3, -0.25) is 9.62 Å². The molecule has 188 valence electrons. The number of sulfonamides is 2. The van der Waals surface area contributed by atoms with Crippen LogP contribution in [0.4, 0.5) is 16.2 Å². The van der Waals surface area contributed by atoms with Crippen molar-refractivity contribution < 1.29 is 31.1 Å². The monoisotopic (exact) mass is 522 g/mol. The van der Waals surface area contributed by atoms with Crippen LogP contribution in [0.1, 0.15) is 26.3 Å². The number of fused-ring (bicyclic) bond motifs is 1. The number of hydrogen-bond acceptors (Lipinski definition) is 8. The summed E-state index contributed by atoms with van der Waals surface area (Å²) < 4.78 is 64.8. The zero-order chi connectivity index (χ0) is 26.0. The molecule has 0 unspecified atom stereocenters. The smallest absolute Gasteiger partial charge is 0.412 e. The Morgan fingerprint density at radius 1 is 1.20 bits per heavy atom. The first-order chi connectivity index (χ1) is 16.2. The highest BCUT2D eigenvalue weighted by molar-refractivity contribution is 7.92. The minimum Gasteiger partial charge on any atom is -0.485 e. The van der Waals surface area contributed by atoms with E-state index >= 15 is 0 Å². The lowest BCUT2D eigenvalue weighted by Gasteiger charge is -2.35. The first kappa shape index (κ1) is 26.3. The van der Waals surface area contributed by atoms with Crippen LogP contribution in [0, 0.1) is 11.3 Å². The van der Waals surface area contributed by atoms with E-state index < -0.39 is 37.8 Å². The number of rotatable bonds is 6. The topological polar surface area (TPSA) is 155 Å². The molecule has 11 nitrogen and oxygen atoms in total. The Bertz CT molecular complexity index is 1380. The van der Waals surface area contributed by atoms with Crippen molar-refractivity contribution >= 4 is 37.5 Å². The summed E-state index contributed by atoms with van der Waals surface area (Å²) in [7, 11) is -7.73. The van der Waals surface area contributed by atoms with Gasteiger partial charge in [0.25, 0.3) is 10.0 Å². The summed E-state index contributed by atoms with van der Waals surface area (Å²) in [6, 6.07) is 11.9. The molecule has 0 fully saturated rings. The van der Waals surface area contributed by atoms with Gasteiger partial charge in [-0.15, -0.1) is 0 Å². The molecular weight excluding hydrogens is 496 g/mol. The Balaban J connectivity index is 2.02. The van der Waals surface area contributed by atoms with Crippen molar-refractivity contribution in [2.45, 2.75) is 37.4 Å². The third-order valence-corrected chi connectivity index (χ3v) is 7.13. The van der Waals surface area contributed by atoms with E-state index in [0.717, 1.165) is 10.6 Å². The fourth-order valence-corrected chi connectivity index (χ4v) is 5.28. The molecule has 1 heterocycles. The molecule has 0 radical (unpaired) electrons. The third kappa shape index (κ3) is 6.84. The Labute approximate surface area is 204 Å². The predicted octanol–water partition coefficient (Wildman–Crippen LogP) is 2.41. The van der Waals surface area contributed by atoms with Gasteiger partial charge in [0.15, 0.2) is 0 Å². The lowest BCUT2D eigenvalue weighted by Crippen LogP contribution is -2.48. The zero-order valence-corrected chi connectivity index (χ0v) is 21.2. The number of nitrogens with one attached hydrogen (secondary N) is 2. The highest BCUT2D eigenvalue weighted by atomic mass is 32.2. The molecule has 3 rings (SSSR count). The van der Waals surface area contributed by atoms with Gasteiger partial charge in [0.05, 0.1) is 35.0 Å². The molecular formula is C22H26N4O7S2. The van der Waals surface area contributed by atoms with Crippen molar-refractivity contribution in [1.82, 2.24) is 4.72 Å². The number of amides is 1. The number of ether oxygens (including phenoxy) is 2. The minimum absolute atomic E-state index is 0.121. The molecule has 1 atom stereocenters. The molecule has 0 bridgehead atoms. The summed E-state index contributed by atoms with van der Waals surface area (Å²) in [5, 5.41) is 11.8. The zero-order valence-electron chi connectivity index (χ0n) is 19.6. The Morgan fingerprint density at radius 2 is 1.91 bits per heavy atom. The average Bonchev–Trinajstić information content (AvgIpc) is 2.75. The van der Waals surface area contributed by atoms with E-state index in [1.165, 1.54) is 42.5 Å². The lowest BCUT2D eigenvalue weighted by molar-refractivity contribution is 0.0636. The predicted molar refractivity (Wildman–Crippen MR) is 129 cm³/mol. The van der Waals surface area contributed by atoms with Crippen LogP contribution in [0.25, 0.3) is 0 Å². The van der Waals surface area contributed by atoms with Crippen molar-refractivity contribution in [1.29, 1.82) is 5.26 Å². The second-order valence-electron chi connectivity index (χ2n) is 8.85. The van der Waals surface area contributed by atoms with Gasteiger partial charge in [-0.1, -0.05) is 6.07 Å². The van der Waals surface area contributed by atoms with Crippen LogP contribution in [-0.4, -0.2) is 54.0 Å². The summed E-state index contributed by atoms with van der Waals surface area (Å²) in [6.07, 6.45) is -0.573. The number of hydrogen-bond donors (Lipinski definition) is 2. The maximum Gasteiger partial charge on any atom is 0.412 e. The third-order valence-electron chi connectivity index (χ3n) is 4.66. The van der Waals surface area contributed by atoms with E-state index in [-0.39, 0.29) is 40.7 Å². The Kier molecular flexibility index (Phi) is 7.30. The van der Waals surface area contributed by atoms with Gasteiger partial charge in [0.2, 0.25) is 10.0 Å². The number of nitrogens with zero attached hydrogens (tertiary/aromatic N) is 2. The maximum absolute atomic E-state index is 13.6. The molecule has 0 aliphatic carbocycles. The van der Waals surface area contributed by atoms with Gasteiger partial charge < -0.3 is 9.47 Å². The first-order valence-corrected chi connectivity index (χ1v) is 13.8. The summed E-state index contributed by atoms with van der Waals surface area (Å²) in [5.41, 5.74) is -0.172. The molecule has 2 aromatic carbocycles. The van der Waals surface area contributed by atoms with Crippen molar-refractivity contribution in [2.24, 2.45) is 0 Å². The van der Waals surface area contributed by atoms with Crippen molar-refractivity contribution in [3.8, 4) is 11.8 Å². The normalized spacial score (nSPS) is 16.0. The summed E-state index contributed by atoms with van der Waals surface area (Å²) in [6.45, 7) is 4.75. The molecule has 1 aliphatic rings. The van der Waals surface area contributed by atoms with Gasteiger partial charge >= 0.3 is 6.09 Å².